The van der Waals surface area contributed by atoms with E-state index in [0.29, 0.717) is 12.6 Å². The van der Waals surface area contributed by atoms with Crippen LogP contribution in [0.3, 0.4) is 0 Å². The Morgan fingerprint density at radius 1 is 1.20 bits per heavy atom. The lowest BCUT2D eigenvalue weighted by atomic mass is 9.54. The molecule has 4 aliphatic carbocycles. The molecule has 4 bridgehead atoms. The first kappa shape index (κ1) is 12.7. The van der Waals surface area contributed by atoms with Crippen LogP contribution in [0, 0.1) is 23.7 Å². The van der Waals surface area contributed by atoms with E-state index in [-0.39, 0.29) is 0 Å². The minimum Gasteiger partial charge on any atom is -0.373 e. The summed E-state index contributed by atoms with van der Waals surface area (Å²) in [5, 5.41) is 8.23. The zero-order chi connectivity index (χ0) is 13.7. The molecule has 4 aliphatic rings. The first-order chi connectivity index (χ1) is 9.78. The smallest absolute Gasteiger partial charge is 0.124 e. The van der Waals surface area contributed by atoms with Gasteiger partial charge in [-0.2, -0.15) is 5.10 Å². The van der Waals surface area contributed by atoms with Crippen molar-refractivity contribution in [2.75, 3.05) is 18.9 Å². The Balaban J connectivity index is 1.66. The van der Waals surface area contributed by atoms with Crippen LogP contribution < -0.4 is 11.1 Å². The highest BCUT2D eigenvalue weighted by Crippen LogP contribution is 2.58. The molecule has 4 heteroatoms. The minimum absolute atomic E-state index is 0.636. The lowest BCUT2D eigenvalue weighted by Crippen LogP contribution is -2.46. The van der Waals surface area contributed by atoms with Gasteiger partial charge in [-0.3, -0.25) is 0 Å². The highest BCUT2D eigenvalue weighted by atomic mass is 15.4. The summed E-state index contributed by atoms with van der Waals surface area (Å²) in [4.78, 5) is 0. The van der Waals surface area contributed by atoms with Crippen LogP contribution in [0.4, 0.5) is 5.82 Å². The molecule has 0 saturated heterocycles. The van der Waals surface area contributed by atoms with Crippen LogP contribution in [0.25, 0.3) is 0 Å². The average Bonchev–Trinajstić information content (AvgIpc) is 2.81. The first-order valence-electron chi connectivity index (χ1n) is 8.24. The summed E-state index contributed by atoms with van der Waals surface area (Å²) >= 11 is 0. The quantitative estimate of drug-likeness (QED) is 0.886. The van der Waals surface area contributed by atoms with Gasteiger partial charge < -0.3 is 11.1 Å². The van der Waals surface area contributed by atoms with Crippen LogP contribution in [0.1, 0.15) is 43.8 Å². The van der Waals surface area contributed by atoms with Crippen molar-refractivity contribution in [1.82, 2.24) is 9.78 Å². The molecule has 0 atom stereocenters. The normalized spacial score (nSPS) is 38.4. The van der Waals surface area contributed by atoms with Crippen LogP contribution >= 0.6 is 0 Å². The number of rotatable bonds is 4. The van der Waals surface area contributed by atoms with Crippen molar-refractivity contribution in [2.24, 2.45) is 29.4 Å². The third kappa shape index (κ3) is 1.88. The topological polar surface area (TPSA) is 55.9 Å². The molecule has 0 amide bonds. The van der Waals surface area contributed by atoms with Gasteiger partial charge >= 0.3 is 0 Å². The molecule has 4 saturated carbocycles. The fraction of sp³-hybridized carbons (Fsp3) is 0.812. The van der Waals surface area contributed by atoms with Gasteiger partial charge in [0, 0.05) is 19.5 Å². The zero-order valence-electron chi connectivity index (χ0n) is 12.4. The molecule has 0 radical (unpaired) electrons. The van der Waals surface area contributed by atoms with E-state index in [0.717, 1.165) is 35.8 Å². The van der Waals surface area contributed by atoms with E-state index in [9.17, 15) is 0 Å². The van der Waals surface area contributed by atoms with Crippen molar-refractivity contribution in [3.63, 3.8) is 0 Å². The van der Waals surface area contributed by atoms with Gasteiger partial charge in [0.05, 0.1) is 11.7 Å². The molecule has 110 valence electrons. The van der Waals surface area contributed by atoms with E-state index < -0.39 is 0 Å². The largest absolute Gasteiger partial charge is 0.373 e. The van der Waals surface area contributed by atoms with Crippen molar-refractivity contribution in [3.05, 3.63) is 11.8 Å². The van der Waals surface area contributed by atoms with Crippen LogP contribution in [0.2, 0.25) is 0 Å². The fourth-order valence-corrected chi connectivity index (χ4v) is 5.42. The highest BCUT2D eigenvalue weighted by molar-refractivity contribution is 5.37. The van der Waals surface area contributed by atoms with E-state index in [1.807, 2.05) is 7.05 Å². The molecule has 0 unspecified atom stereocenters. The van der Waals surface area contributed by atoms with Crippen molar-refractivity contribution < 1.29 is 0 Å². The number of nitrogens with one attached hydrogen (secondary N) is 1. The van der Waals surface area contributed by atoms with Gasteiger partial charge in [-0.25, -0.2) is 4.68 Å². The van der Waals surface area contributed by atoms with Gasteiger partial charge in [0.1, 0.15) is 5.82 Å². The molecule has 3 N–H and O–H groups in total. The Labute approximate surface area is 121 Å². The number of hydrogen-bond acceptors (Lipinski definition) is 3. The predicted molar refractivity (Wildman–Crippen MR) is 80.6 cm³/mol. The number of anilines is 1. The second-order valence-electron chi connectivity index (χ2n) is 7.18. The fourth-order valence-electron chi connectivity index (χ4n) is 5.42. The lowest BCUT2D eigenvalue weighted by molar-refractivity contribution is -0.0329. The Kier molecular flexibility index (Phi) is 3.02. The maximum absolute atomic E-state index is 5.69. The monoisotopic (exact) mass is 274 g/mol. The van der Waals surface area contributed by atoms with Gasteiger partial charge in [0.15, 0.2) is 0 Å². The van der Waals surface area contributed by atoms with E-state index in [2.05, 4.69) is 16.1 Å². The Morgan fingerprint density at radius 2 is 1.85 bits per heavy atom. The molecule has 1 aromatic rings. The summed E-state index contributed by atoms with van der Waals surface area (Å²) in [6, 6.07) is 2.83. The van der Waals surface area contributed by atoms with Crippen molar-refractivity contribution in [1.29, 1.82) is 0 Å². The van der Waals surface area contributed by atoms with Gasteiger partial charge in [-0.05, 0) is 62.3 Å². The predicted octanol–water partition coefficient (Wildman–Crippen LogP) is 2.42. The molecule has 0 spiro atoms. The van der Waals surface area contributed by atoms with Crippen LogP contribution in [0.5, 0.6) is 0 Å². The second-order valence-corrected chi connectivity index (χ2v) is 7.18. The second kappa shape index (κ2) is 4.76. The zero-order valence-corrected chi connectivity index (χ0v) is 12.4. The third-order valence-electron chi connectivity index (χ3n) is 5.90. The van der Waals surface area contributed by atoms with E-state index in [1.165, 1.54) is 37.9 Å². The molecule has 0 aromatic carbocycles. The molecule has 1 aromatic heterocycles. The summed E-state index contributed by atoms with van der Waals surface area (Å²) in [7, 11) is 2.01. The van der Waals surface area contributed by atoms with Crippen LogP contribution in [0.15, 0.2) is 6.07 Å². The average molecular weight is 274 g/mol. The summed E-state index contributed by atoms with van der Waals surface area (Å²) in [6.45, 7) is 0.682. The molecule has 0 aliphatic heterocycles. The molecule has 5 rings (SSSR count). The summed E-state index contributed by atoms with van der Waals surface area (Å²) in [6.07, 6.45) is 8.14. The van der Waals surface area contributed by atoms with Crippen LogP contribution in [-0.2, 0) is 6.42 Å². The number of nitrogens with zero attached hydrogens (tertiary/aromatic N) is 2. The van der Waals surface area contributed by atoms with Crippen molar-refractivity contribution >= 4 is 5.82 Å². The standard InChI is InChI=1S/C16H26N4/c1-18-15-9-14(2-3-17)19-20(15)16-12-5-10-4-11(7-12)8-13(16)6-10/h9-13,16,18H,2-8,17H2,1H3. The van der Waals surface area contributed by atoms with Gasteiger partial charge in [0.25, 0.3) is 0 Å². The molecular formula is C16H26N4. The number of nitrogens with two attached hydrogens (primary N) is 1. The lowest BCUT2D eigenvalue weighted by Gasteiger charge is -2.54. The van der Waals surface area contributed by atoms with Crippen molar-refractivity contribution in [2.45, 2.75) is 44.6 Å². The SMILES string of the molecule is CNc1cc(CCN)nn1C1C2CC3CC(C2)CC1C3. The summed E-state index contributed by atoms with van der Waals surface area (Å²) in [5.41, 5.74) is 6.83. The molecule has 4 nitrogen and oxygen atoms in total. The number of hydrogen-bond donors (Lipinski definition) is 2. The number of aromatic nitrogens is 2. The van der Waals surface area contributed by atoms with Crippen LogP contribution in [-0.4, -0.2) is 23.4 Å². The Bertz CT molecular complexity index is 465. The first-order valence-corrected chi connectivity index (χ1v) is 8.24. The minimum atomic E-state index is 0.636. The maximum Gasteiger partial charge on any atom is 0.124 e. The maximum atomic E-state index is 5.69. The molecule has 4 fully saturated rings. The molecule has 1 heterocycles. The van der Waals surface area contributed by atoms with Gasteiger partial charge in [-0.15, -0.1) is 0 Å². The molecule has 20 heavy (non-hydrogen) atoms. The van der Waals surface area contributed by atoms with Gasteiger partial charge in [-0.1, -0.05) is 0 Å². The Hall–Kier alpha value is -1.03. The Morgan fingerprint density at radius 3 is 2.40 bits per heavy atom. The van der Waals surface area contributed by atoms with Gasteiger partial charge in [0.2, 0.25) is 0 Å². The molecular weight excluding hydrogens is 248 g/mol. The summed E-state index contributed by atoms with van der Waals surface area (Å²) < 4.78 is 2.32. The van der Waals surface area contributed by atoms with Crippen molar-refractivity contribution in [3.8, 4) is 0 Å². The van der Waals surface area contributed by atoms with E-state index in [4.69, 9.17) is 10.8 Å². The third-order valence-corrected chi connectivity index (χ3v) is 5.90. The van der Waals surface area contributed by atoms with E-state index >= 15 is 0 Å². The highest BCUT2D eigenvalue weighted by Gasteiger charge is 2.49. The van der Waals surface area contributed by atoms with E-state index in [1.54, 1.807) is 0 Å². The summed E-state index contributed by atoms with van der Waals surface area (Å²) in [5.74, 6) is 4.95.